The number of hydrogen-bond acceptors (Lipinski definition) is 3. The first-order chi connectivity index (χ1) is 12.5. The molecular weight excluding hydrogens is 378 g/mol. The van der Waals surface area contributed by atoms with Crippen LogP contribution < -0.4 is 14.2 Å². The number of benzene rings is 1. The lowest BCUT2D eigenvalue weighted by molar-refractivity contribution is -0.287. The molecule has 0 heterocycles. The van der Waals surface area contributed by atoms with Gasteiger partial charge in [0.1, 0.15) is 5.60 Å². The summed E-state index contributed by atoms with van der Waals surface area (Å²) in [6.07, 6.45) is -4.97. The van der Waals surface area contributed by atoms with Crippen LogP contribution in [0.15, 0.2) is 18.7 Å². The average Bonchev–Trinajstić information content (AvgIpc) is 2.56. The van der Waals surface area contributed by atoms with Crippen molar-refractivity contribution in [3.8, 4) is 17.2 Å². The summed E-state index contributed by atoms with van der Waals surface area (Å²) in [5, 5.41) is 0. The summed E-state index contributed by atoms with van der Waals surface area (Å²) in [5.74, 6) is -2.73. The Kier molecular flexibility index (Phi) is 6.21. The monoisotopic (exact) mass is 398 g/mol. The van der Waals surface area contributed by atoms with Crippen LogP contribution >= 0.6 is 0 Å². The maximum absolute atomic E-state index is 12.8. The Bertz CT molecular complexity index is 660. The summed E-state index contributed by atoms with van der Waals surface area (Å²) in [4.78, 5) is 0. The summed E-state index contributed by atoms with van der Waals surface area (Å²) in [6.45, 7) is 5.26. The Labute approximate surface area is 152 Å². The molecule has 9 heteroatoms. The van der Waals surface area contributed by atoms with E-state index in [9.17, 15) is 26.3 Å². The molecule has 1 aliphatic carbocycles. The Hall–Kier alpha value is -2.06. The Morgan fingerprint density at radius 3 is 2.00 bits per heavy atom. The zero-order valence-corrected chi connectivity index (χ0v) is 14.7. The lowest BCUT2D eigenvalue weighted by Crippen LogP contribution is -2.37. The van der Waals surface area contributed by atoms with Gasteiger partial charge in [-0.25, -0.2) is 0 Å². The molecule has 27 heavy (non-hydrogen) atoms. The van der Waals surface area contributed by atoms with Crippen LogP contribution in [0.3, 0.4) is 0 Å². The van der Waals surface area contributed by atoms with E-state index in [-0.39, 0.29) is 5.56 Å². The number of alkyl halides is 6. The Morgan fingerprint density at radius 1 is 0.963 bits per heavy atom. The standard InChI is InChI=1S/C18H20F6O3/c1-3-12-10-13(25-16(4-2)8-6-5-7-9-16)15(27-18(22,23)24)14(11-12)26-17(19,20)21/h3,10-11H,1,4-9H2,2H3. The molecule has 0 unspecified atom stereocenters. The van der Waals surface area contributed by atoms with Crippen LogP contribution in [0.5, 0.6) is 17.2 Å². The van der Waals surface area contributed by atoms with E-state index in [4.69, 9.17) is 4.74 Å². The van der Waals surface area contributed by atoms with Gasteiger partial charge >= 0.3 is 12.7 Å². The van der Waals surface area contributed by atoms with Crippen molar-refractivity contribution < 1.29 is 40.6 Å². The lowest BCUT2D eigenvalue weighted by atomic mass is 9.82. The third-order valence-electron chi connectivity index (χ3n) is 4.46. The highest BCUT2D eigenvalue weighted by atomic mass is 19.4. The van der Waals surface area contributed by atoms with Crippen LogP contribution in [-0.2, 0) is 0 Å². The highest BCUT2D eigenvalue weighted by Crippen LogP contribution is 2.47. The molecule has 1 aliphatic rings. The van der Waals surface area contributed by atoms with Crippen LogP contribution in [0.25, 0.3) is 6.08 Å². The normalized spacial score (nSPS) is 17.3. The smallest absolute Gasteiger partial charge is 0.483 e. The van der Waals surface area contributed by atoms with Gasteiger partial charge in [0.2, 0.25) is 5.75 Å². The van der Waals surface area contributed by atoms with E-state index >= 15 is 0 Å². The molecule has 1 aromatic carbocycles. The predicted octanol–water partition coefficient (Wildman–Crippen LogP) is 6.62. The zero-order valence-electron chi connectivity index (χ0n) is 14.7. The van der Waals surface area contributed by atoms with E-state index in [0.717, 1.165) is 25.3 Å². The second-order valence-electron chi connectivity index (χ2n) is 6.35. The molecule has 3 nitrogen and oxygen atoms in total. The fourth-order valence-corrected chi connectivity index (χ4v) is 3.16. The molecule has 1 saturated carbocycles. The van der Waals surface area contributed by atoms with Crippen molar-refractivity contribution in [1.82, 2.24) is 0 Å². The average molecular weight is 398 g/mol. The second-order valence-corrected chi connectivity index (χ2v) is 6.35. The van der Waals surface area contributed by atoms with Crippen molar-refractivity contribution in [2.45, 2.75) is 63.8 Å². The predicted molar refractivity (Wildman–Crippen MR) is 86.6 cm³/mol. The van der Waals surface area contributed by atoms with Gasteiger partial charge in [0, 0.05) is 0 Å². The molecule has 152 valence electrons. The molecule has 1 aromatic rings. The quantitative estimate of drug-likeness (QED) is 0.504. The number of ether oxygens (including phenoxy) is 3. The molecule has 0 radical (unpaired) electrons. The van der Waals surface area contributed by atoms with Crippen molar-refractivity contribution in [3.63, 3.8) is 0 Å². The van der Waals surface area contributed by atoms with Crippen LogP contribution in [-0.4, -0.2) is 18.3 Å². The third kappa shape index (κ3) is 5.97. The number of rotatable bonds is 6. The highest BCUT2D eigenvalue weighted by Gasteiger charge is 2.40. The third-order valence-corrected chi connectivity index (χ3v) is 4.46. The topological polar surface area (TPSA) is 27.7 Å². The largest absolute Gasteiger partial charge is 0.573 e. The van der Waals surface area contributed by atoms with Gasteiger partial charge in [-0.3, -0.25) is 0 Å². The minimum absolute atomic E-state index is 0.112. The Morgan fingerprint density at radius 2 is 1.52 bits per heavy atom. The van der Waals surface area contributed by atoms with Crippen LogP contribution in [0.1, 0.15) is 51.0 Å². The van der Waals surface area contributed by atoms with E-state index in [1.54, 1.807) is 0 Å². The molecule has 0 atom stereocenters. The highest BCUT2D eigenvalue weighted by molar-refractivity contribution is 5.61. The maximum Gasteiger partial charge on any atom is 0.573 e. The van der Waals surface area contributed by atoms with Crippen LogP contribution in [0.2, 0.25) is 0 Å². The summed E-state index contributed by atoms with van der Waals surface area (Å²) >= 11 is 0. The van der Waals surface area contributed by atoms with Gasteiger partial charge in [0.05, 0.1) is 0 Å². The van der Waals surface area contributed by atoms with E-state index in [0.29, 0.717) is 19.3 Å². The SMILES string of the molecule is C=Cc1cc(OC(F)(F)F)c(OC(F)(F)F)c(OC2(CC)CCCCC2)c1. The van der Waals surface area contributed by atoms with Crippen molar-refractivity contribution in [1.29, 1.82) is 0 Å². The van der Waals surface area contributed by atoms with Gasteiger partial charge < -0.3 is 14.2 Å². The lowest BCUT2D eigenvalue weighted by Gasteiger charge is -2.37. The van der Waals surface area contributed by atoms with Crippen molar-refractivity contribution in [2.24, 2.45) is 0 Å². The number of halogens is 6. The summed E-state index contributed by atoms with van der Waals surface area (Å²) in [5.41, 5.74) is -0.655. The van der Waals surface area contributed by atoms with Gasteiger partial charge in [-0.05, 0) is 49.8 Å². The molecule has 2 rings (SSSR count). The second kappa shape index (κ2) is 7.90. The molecule has 0 spiro atoms. The molecule has 0 amide bonds. The van der Waals surface area contributed by atoms with Crippen molar-refractivity contribution in [2.75, 3.05) is 0 Å². The van der Waals surface area contributed by atoms with Gasteiger partial charge in [0.15, 0.2) is 11.5 Å². The molecule has 0 aliphatic heterocycles. The van der Waals surface area contributed by atoms with E-state index < -0.39 is 35.6 Å². The van der Waals surface area contributed by atoms with Gasteiger partial charge in [0.25, 0.3) is 0 Å². The van der Waals surface area contributed by atoms with E-state index in [1.807, 2.05) is 6.92 Å². The van der Waals surface area contributed by atoms with E-state index in [2.05, 4.69) is 16.1 Å². The van der Waals surface area contributed by atoms with Gasteiger partial charge in [-0.1, -0.05) is 26.0 Å². The summed E-state index contributed by atoms with van der Waals surface area (Å²) < 4.78 is 90.1. The zero-order chi connectivity index (χ0) is 20.3. The first-order valence-electron chi connectivity index (χ1n) is 8.48. The summed E-state index contributed by atoms with van der Waals surface area (Å²) in [6, 6.07) is 1.94. The van der Waals surface area contributed by atoms with Crippen molar-refractivity contribution >= 4 is 6.08 Å². The number of hydrogen-bond donors (Lipinski definition) is 0. The fourth-order valence-electron chi connectivity index (χ4n) is 3.16. The molecular formula is C18H20F6O3. The molecule has 0 bridgehead atoms. The fraction of sp³-hybridized carbons (Fsp3) is 0.556. The van der Waals surface area contributed by atoms with Gasteiger partial charge in [-0.2, -0.15) is 0 Å². The Balaban J connectivity index is 2.54. The summed E-state index contributed by atoms with van der Waals surface area (Å²) in [7, 11) is 0. The first-order valence-corrected chi connectivity index (χ1v) is 8.48. The first kappa shape index (κ1) is 21.2. The molecule has 0 aromatic heterocycles. The van der Waals surface area contributed by atoms with Gasteiger partial charge in [-0.15, -0.1) is 26.3 Å². The molecule has 0 saturated heterocycles. The minimum atomic E-state index is -5.22. The molecule has 0 N–H and O–H groups in total. The van der Waals surface area contributed by atoms with Crippen molar-refractivity contribution in [3.05, 3.63) is 24.3 Å². The van der Waals surface area contributed by atoms with E-state index in [1.165, 1.54) is 12.1 Å². The molecule has 1 fully saturated rings. The minimum Gasteiger partial charge on any atom is -0.483 e. The van der Waals surface area contributed by atoms with Crippen LogP contribution in [0, 0.1) is 0 Å². The maximum atomic E-state index is 12.8. The van der Waals surface area contributed by atoms with Crippen LogP contribution in [0.4, 0.5) is 26.3 Å².